The number of hydrogen-bond donors (Lipinski definition) is 2. The Morgan fingerprint density at radius 2 is 1.94 bits per heavy atom. The standard InChI is InChI=1S/C12H14F3N3/c1-18(2)7-3-4-10-8(5-7)9(6-16)11(17-10)12(13,14)15/h3-5,17H,6,16H2,1-2H3. The van der Waals surface area contributed by atoms with Crippen LogP contribution in [0.15, 0.2) is 18.2 Å². The topological polar surface area (TPSA) is 45.0 Å². The van der Waals surface area contributed by atoms with Crippen molar-refractivity contribution in [2.75, 3.05) is 19.0 Å². The van der Waals surface area contributed by atoms with Crippen LogP contribution in [0.1, 0.15) is 11.3 Å². The predicted octanol–water partition coefficient (Wildman–Crippen LogP) is 2.71. The van der Waals surface area contributed by atoms with Gasteiger partial charge in [0, 0.05) is 42.8 Å². The van der Waals surface area contributed by atoms with Gasteiger partial charge in [0.25, 0.3) is 0 Å². The van der Waals surface area contributed by atoms with Crippen LogP contribution in [0.2, 0.25) is 0 Å². The molecule has 2 rings (SSSR count). The van der Waals surface area contributed by atoms with Crippen LogP contribution in [0.5, 0.6) is 0 Å². The molecule has 0 aliphatic rings. The minimum Gasteiger partial charge on any atom is -0.378 e. The highest BCUT2D eigenvalue weighted by atomic mass is 19.4. The van der Waals surface area contributed by atoms with E-state index in [0.717, 1.165) is 5.69 Å². The molecule has 18 heavy (non-hydrogen) atoms. The molecule has 0 aliphatic heterocycles. The van der Waals surface area contributed by atoms with Crippen LogP contribution in [0.3, 0.4) is 0 Å². The second-order valence-electron chi connectivity index (χ2n) is 4.30. The van der Waals surface area contributed by atoms with Gasteiger partial charge in [-0.15, -0.1) is 0 Å². The van der Waals surface area contributed by atoms with Gasteiger partial charge in [0.1, 0.15) is 5.69 Å². The van der Waals surface area contributed by atoms with Crippen molar-refractivity contribution < 1.29 is 13.2 Å². The third-order valence-corrected chi connectivity index (χ3v) is 2.89. The number of nitrogens with zero attached hydrogens (tertiary/aromatic N) is 1. The maximum atomic E-state index is 12.8. The van der Waals surface area contributed by atoms with E-state index in [-0.39, 0.29) is 12.1 Å². The van der Waals surface area contributed by atoms with E-state index in [1.165, 1.54) is 0 Å². The molecule has 0 aliphatic carbocycles. The van der Waals surface area contributed by atoms with Gasteiger partial charge in [0.05, 0.1) is 0 Å². The minimum absolute atomic E-state index is 0.112. The summed E-state index contributed by atoms with van der Waals surface area (Å²) in [7, 11) is 3.67. The van der Waals surface area contributed by atoms with E-state index < -0.39 is 11.9 Å². The van der Waals surface area contributed by atoms with Gasteiger partial charge in [0.15, 0.2) is 0 Å². The molecule has 1 aromatic carbocycles. The van der Waals surface area contributed by atoms with Crippen LogP contribution >= 0.6 is 0 Å². The first-order chi connectivity index (χ1) is 8.34. The number of alkyl halides is 3. The number of H-pyrrole nitrogens is 1. The summed E-state index contributed by atoms with van der Waals surface area (Å²) in [5.41, 5.74) is 6.10. The Kier molecular flexibility index (Phi) is 2.98. The van der Waals surface area contributed by atoms with Crippen molar-refractivity contribution in [2.24, 2.45) is 5.73 Å². The lowest BCUT2D eigenvalue weighted by Crippen LogP contribution is -2.11. The minimum atomic E-state index is -4.41. The average Bonchev–Trinajstić information content (AvgIpc) is 2.65. The summed E-state index contributed by atoms with van der Waals surface area (Å²) >= 11 is 0. The normalized spacial score (nSPS) is 12.1. The zero-order valence-corrected chi connectivity index (χ0v) is 10.1. The molecule has 0 unspecified atom stereocenters. The van der Waals surface area contributed by atoms with Crippen LogP contribution in [0, 0.1) is 0 Å². The zero-order chi connectivity index (χ0) is 13.5. The van der Waals surface area contributed by atoms with Gasteiger partial charge in [-0.05, 0) is 18.2 Å². The molecule has 98 valence electrons. The number of benzene rings is 1. The van der Waals surface area contributed by atoms with Crippen molar-refractivity contribution in [2.45, 2.75) is 12.7 Å². The highest BCUT2D eigenvalue weighted by Crippen LogP contribution is 2.36. The number of nitrogens with one attached hydrogen (secondary N) is 1. The van der Waals surface area contributed by atoms with E-state index in [1.807, 2.05) is 19.0 Å². The SMILES string of the molecule is CN(C)c1ccc2[nH]c(C(F)(F)F)c(CN)c2c1. The lowest BCUT2D eigenvalue weighted by atomic mass is 10.1. The molecule has 0 fully saturated rings. The monoisotopic (exact) mass is 257 g/mol. The predicted molar refractivity (Wildman–Crippen MR) is 65.5 cm³/mol. The summed E-state index contributed by atoms with van der Waals surface area (Å²) < 4.78 is 38.5. The van der Waals surface area contributed by atoms with Crippen molar-refractivity contribution in [1.29, 1.82) is 0 Å². The molecule has 0 spiro atoms. The van der Waals surface area contributed by atoms with Crippen molar-refractivity contribution in [1.82, 2.24) is 4.98 Å². The maximum absolute atomic E-state index is 12.8. The Bertz CT molecular complexity index is 570. The number of nitrogens with two attached hydrogens (primary N) is 1. The Hall–Kier alpha value is -1.69. The van der Waals surface area contributed by atoms with Gasteiger partial charge in [-0.1, -0.05) is 0 Å². The van der Waals surface area contributed by atoms with Crippen molar-refractivity contribution in [3.05, 3.63) is 29.5 Å². The number of aromatic amines is 1. The molecule has 6 heteroatoms. The second-order valence-corrected chi connectivity index (χ2v) is 4.30. The second kappa shape index (κ2) is 4.20. The fraction of sp³-hybridized carbons (Fsp3) is 0.333. The molecule has 1 heterocycles. The van der Waals surface area contributed by atoms with E-state index in [9.17, 15) is 13.2 Å². The molecule has 3 N–H and O–H groups in total. The zero-order valence-electron chi connectivity index (χ0n) is 10.1. The van der Waals surface area contributed by atoms with Crippen LogP contribution < -0.4 is 10.6 Å². The molecule has 0 amide bonds. The average molecular weight is 257 g/mol. The van der Waals surface area contributed by atoms with E-state index in [1.54, 1.807) is 18.2 Å². The molecule has 2 aromatic rings. The summed E-state index contributed by atoms with van der Waals surface area (Å²) in [5, 5.41) is 0.524. The van der Waals surface area contributed by atoms with E-state index >= 15 is 0 Å². The number of anilines is 1. The van der Waals surface area contributed by atoms with Crippen LogP contribution in [0.25, 0.3) is 10.9 Å². The van der Waals surface area contributed by atoms with Crippen molar-refractivity contribution in [3.63, 3.8) is 0 Å². The van der Waals surface area contributed by atoms with Crippen molar-refractivity contribution in [3.8, 4) is 0 Å². The van der Waals surface area contributed by atoms with Gasteiger partial charge in [-0.2, -0.15) is 13.2 Å². The Balaban J connectivity index is 2.71. The van der Waals surface area contributed by atoms with Gasteiger partial charge in [0.2, 0.25) is 0 Å². The summed E-state index contributed by atoms with van der Waals surface area (Å²) in [6.07, 6.45) is -4.41. The number of fused-ring (bicyclic) bond motifs is 1. The third-order valence-electron chi connectivity index (χ3n) is 2.89. The molecule has 3 nitrogen and oxygen atoms in total. The van der Waals surface area contributed by atoms with Gasteiger partial charge < -0.3 is 15.6 Å². The Morgan fingerprint density at radius 3 is 2.44 bits per heavy atom. The first-order valence-corrected chi connectivity index (χ1v) is 5.43. The summed E-state index contributed by atoms with van der Waals surface area (Å²) in [5.74, 6) is 0. The number of halogens is 3. The lowest BCUT2D eigenvalue weighted by molar-refractivity contribution is -0.141. The molecule has 0 saturated heterocycles. The summed E-state index contributed by atoms with van der Waals surface area (Å²) in [6, 6.07) is 5.11. The van der Waals surface area contributed by atoms with E-state index in [0.29, 0.717) is 10.9 Å². The van der Waals surface area contributed by atoms with Gasteiger partial charge in [-0.3, -0.25) is 0 Å². The summed E-state index contributed by atoms with van der Waals surface area (Å²) in [6.45, 7) is -0.147. The number of rotatable bonds is 2. The highest BCUT2D eigenvalue weighted by Gasteiger charge is 2.35. The molecule has 0 radical (unpaired) electrons. The fourth-order valence-electron chi connectivity index (χ4n) is 1.97. The smallest absolute Gasteiger partial charge is 0.378 e. The summed E-state index contributed by atoms with van der Waals surface area (Å²) in [4.78, 5) is 4.23. The van der Waals surface area contributed by atoms with Crippen LogP contribution in [-0.2, 0) is 12.7 Å². The van der Waals surface area contributed by atoms with Crippen molar-refractivity contribution >= 4 is 16.6 Å². The van der Waals surface area contributed by atoms with E-state index in [4.69, 9.17) is 5.73 Å². The molecular formula is C12H14F3N3. The van der Waals surface area contributed by atoms with Gasteiger partial charge in [-0.25, -0.2) is 0 Å². The van der Waals surface area contributed by atoms with Crippen LogP contribution in [-0.4, -0.2) is 19.1 Å². The molecule has 1 aromatic heterocycles. The first kappa shape index (κ1) is 12.8. The van der Waals surface area contributed by atoms with E-state index in [2.05, 4.69) is 4.98 Å². The quantitative estimate of drug-likeness (QED) is 0.868. The Labute approximate surface area is 102 Å². The number of aromatic nitrogens is 1. The molecular weight excluding hydrogens is 243 g/mol. The fourth-order valence-corrected chi connectivity index (χ4v) is 1.97. The molecule has 0 bridgehead atoms. The van der Waals surface area contributed by atoms with Gasteiger partial charge >= 0.3 is 6.18 Å². The maximum Gasteiger partial charge on any atom is 0.431 e. The largest absolute Gasteiger partial charge is 0.431 e. The third kappa shape index (κ3) is 2.03. The Morgan fingerprint density at radius 1 is 1.28 bits per heavy atom. The highest BCUT2D eigenvalue weighted by molar-refractivity contribution is 5.88. The molecule has 0 atom stereocenters. The van der Waals surface area contributed by atoms with Crippen LogP contribution in [0.4, 0.5) is 18.9 Å². The molecule has 0 saturated carbocycles. The number of hydrogen-bond acceptors (Lipinski definition) is 2. The lowest BCUT2D eigenvalue weighted by Gasteiger charge is -2.12. The first-order valence-electron chi connectivity index (χ1n) is 5.43.